The van der Waals surface area contributed by atoms with Gasteiger partial charge in [0, 0.05) is 36.7 Å². The fourth-order valence-corrected chi connectivity index (χ4v) is 5.44. The first-order valence-electron chi connectivity index (χ1n) is 11.4. The van der Waals surface area contributed by atoms with Crippen LogP contribution in [-0.2, 0) is 10.6 Å². The van der Waals surface area contributed by atoms with Crippen LogP contribution in [0.25, 0.3) is 0 Å². The summed E-state index contributed by atoms with van der Waals surface area (Å²) in [5.41, 5.74) is 6.78. The number of hydrogen-bond donors (Lipinski definition) is 0. The summed E-state index contributed by atoms with van der Waals surface area (Å²) in [5.74, 6) is 0.950. The first-order chi connectivity index (χ1) is 15.5. The van der Waals surface area contributed by atoms with E-state index in [4.69, 9.17) is 9.99 Å². The summed E-state index contributed by atoms with van der Waals surface area (Å²) < 4.78 is 0. The fourth-order valence-electron chi connectivity index (χ4n) is 5.44. The van der Waals surface area contributed by atoms with Crippen LogP contribution in [0, 0.1) is 20.8 Å². The number of aryl methyl sites for hydroxylation is 3. The van der Waals surface area contributed by atoms with Crippen molar-refractivity contribution in [2.75, 3.05) is 20.1 Å². The lowest BCUT2D eigenvalue weighted by Crippen LogP contribution is -2.47. The zero-order chi connectivity index (χ0) is 22.3. The first-order valence-corrected chi connectivity index (χ1v) is 11.4. The molecule has 3 aromatic carbocycles. The fraction of sp³-hybridized carbons (Fsp3) is 0.321. The number of rotatable bonds is 3. The molecule has 0 bridgehead atoms. The van der Waals surface area contributed by atoms with Gasteiger partial charge in [0.1, 0.15) is 0 Å². The van der Waals surface area contributed by atoms with E-state index < -0.39 is 5.72 Å². The lowest BCUT2D eigenvalue weighted by atomic mass is 9.89. The van der Waals surface area contributed by atoms with Crippen LogP contribution in [0.4, 0.5) is 0 Å². The first kappa shape index (κ1) is 20.8. The molecule has 0 saturated carbocycles. The molecule has 4 nitrogen and oxygen atoms in total. The van der Waals surface area contributed by atoms with Crippen molar-refractivity contribution in [3.05, 3.63) is 106 Å². The van der Waals surface area contributed by atoms with E-state index in [2.05, 4.69) is 110 Å². The second-order valence-electron chi connectivity index (χ2n) is 9.19. The van der Waals surface area contributed by atoms with E-state index in [0.29, 0.717) is 0 Å². The molecule has 3 aromatic rings. The molecule has 164 valence electrons. The molecule has 1 saturated heterocycles. The maximum Gasteiger partial charge on any atom is 0.239 e. The van der Waals surface area contributed by atoms with Gasteiger partial charge in [0.2, 0.25) is 5.72 Å². The Kier molecular flexibility index (Phi) is 5.26. The number of likely N-dealkylation sites (N-methyl/N-ethyl adjacent to an activating group) is 1. The van der Waals surface area contributed by atoms with Crippen molar-refractivity contribution in [3.63, 3.8) is 0 Å². The average molecular weight is 426 g/mol. The molecule has 1 fully saturated rings. The van der Waals surface area contributed by atoms with Crippen molar-refractivity contribution in [3.8, 4) is 0 Å². The van der Waals surface area contributed by atoms with E-state index in [9.17, 15) is 0 Å². The summed E-state index contributed by atoms with van der Waals surface area (Å²) in [6.07, 6.45) is 0.800. The number of oxime groups is 1. The Labute approximate surface area is 191 Å². The van der Waals surface area contributed by atoms with Crippen LogP contribution < -0.4 is 0 Å². The quantitative estimate of drug-likeness (QED) is 0.552. The van der Waals surface area contributed by atoms with Crippen molar-refractivity contribution < 1.29 is 4.84 Å². The van der Waals surface area contributed by atoms with Crippen molar-refractivity contribution in [1.29, 1.82) is 0 Å². The molecule has 0 aliphatic carbocycles. The van der Waals surface area contributed by atoms with Gasteiger partial charge in [-0.1, -0.05) is 83.5 Å². The van der Waals surface area contributed by atoms with Crippen molar-refractivity contribution >= 4 is 5.84 Å². The van der Waals surface area contributed by atoms with Gasteiger partial charge in [0.15, 0.2) is 5.84 Å². The number of benzene rings is 3. The van der Waals surface area contributed by atoms with Crippen LogP contribution in [0.15, 0.2) is 78.0 Å². The molecule has 0 N–H and O–H groups in total. The van der Waals surface area contributed by atoms with Crippen LogP contribution in [0.3, 0.4) is 0 Å². The maximum atomic E-state index is 6.51. The summed E-state index contributed by atoms with van der Waals surface area (Å²) in [6, 6.07) is 26.1. The molecule has 2 unspecified atom stereocenters. The Morgan fingerprint density at radius 1 is 0.875 bits per heavy atom. The van der Waals surface area contributed by atoms with Crippen molar-refractivity contribution in [2.24, 2.45) is 5.16 Å². The second-order valence-corrected chi connectivity index (χ2v) is 9.19. The summed E-state index contributed by atoms with van der Waals surface area (Å²) >= 11 is 0. The predicted octanol–water partition coefficient (Wildman–Crippen LogP) is 5.54. The SMILES string of the molecule is Cc1cc(C)c(C2=NOC3(c4ccccc4)CC(c4ccccc4)N(C)CCN23)c(C)c1. The molecule has 32 heavy (non-hydrogen) atoms. The smallest absolute Gasteiger partial charge is 0.239 e. The molecule has 0 radical (unpaired) electrons. The van der Waals surface area contributed by atoms with Gasteiger partial charge in [-0.05, 0) is 44.5 Å². The molecule has 4 heteroatoms. The average Bonchev–Trinajstić information content (AvgIpc) is 3.07. The van der Waals surface area contributed by atoms with Crippen molar-refractivity contribution in [2.45, 2.75) is 39.0 Å². The molecule has 0 aromatic heterocycles. The van der Waals surface area contributed by atoms with E-state index in [0.717, 1.165) is 30.9 Å². The topological polar surface area (TPSA) is 28.1 Å². The Bertz CT molecular complexity index is 1120. The molecule has 0 spiro atoms. The third kappa shape index (κ3) is 3.39. The molecular formula is C28H31N3O. The summed E-state index contributed by atoms with van der Waals surface area (Å²) in [6.45, 7) is 8.28. The standard InChI is InChI=1S/C28H31N3O/c1-20-17-21(2)26(22(3)18-20)27-29-32-28(24-13-9-6-10-14-24)19-25(23-11-7-5-8-12-23)30(4)15-16-31(27)28/h5-14,17-18,25H,15-16,19H2,1-4H3. The monoisotopic (exact) mass is 425 g/mol. The second kappa shape index (κ2) is 8.10. The van der Waals surface area contributed by atoms with Crippen LogP contribution in [0.2, 0.25) is 0 Å². The molecule has 2 heterocycles. The Hall–Kier alpha value is -3.11. The zero-order valence-corrected chi connectivity index (χ0v) is 19.4. The maximum absolute atomic E-state index is 6.51. The van der Waals surface area contributed by atoms with E-state index >= 15 is 0 Å². The highest BCUT2D eigenvalue weighted by atomic mass is 16.7. The van der Waals surface area contributed by atoms with E-state index in [1.54, 1.807) is 0 Å². The third-order valence-corrected chi connectivity index (χ3v) is 6.96. The van der Waals surface area contributed by atoms with E-state index in [-0.39, 0.29) is 6.04 Å². The van der Waals surface area contributed by atoms with Crippen LogP contribution in [0.1, 0.15) is 45.8 Å². The minimum Gasteiger partial charge on any atom is -0.360 e. The highest BCUT2D eigenvalue weighted by molar-refractivity contribution is 6.02. The zero-order valence-electron chi connectivity index (χ0n) is 19.4. The number of hydrogen-bond acceptors (Lipinski definition) is 4. The lowest BCUT2D eigenvalue weighted by molar-refractivity contribution is -0.112. The van der Waals surface area contributed by atoms with Gasteiger partial charge in [0.05, 0.1) is 0 Å². The Balaban J connectivity index is 1.64. The van der Waals surface area contributed by atoms with Crippen LogP contribution >= 0.6 is 0 Å². The molecule has 2 aliphatic rings. The minimum absolute atomic E-state index is 0.233. The van der Waals surface area contributed by atoms with Gasteiger partial charge < -0.3 is 9.74 Å². The minimum atomic E-state index is -0.633. The predicted molar refractivity (Wildman–Crippen MR) is 130 cm³/mol. The van der Waals surface area contributed by atoms with Gasteiger partial charge in [-0.15, -0.1) is 0 Å². The summed E-state index contributed by atoms with van der Waals surface area (Å²) in [5, 5.41) is 4.77. The van der Waals surface area contributed by atoms with Gasteiger partial charge >= 0.3 is 0 Å². The van der Waals surface area contributed by atoms with Gasteiger partial charge in [-0.2, -0.15) is 0 Å². The van der Waals surface area contributed by atoms with E-state index in [1.807, 2.05) is 0 Å². The van der Waals surface area contributed by atoms with Crippen LogP contribution in [0.5, 0.6) is 0 Å². The number of nitrogens with zero attached hydrogens (tertiary/aromatic N) is 3. The normalized spacial score (nSPS) is 23.3. The van der Waals surface area contributed by atoms with Gasteiger partial charge in [0.25, 0.3) is 0 Å². The Morgan fingerprint density at radius 2 is 1.50 bits per heavy atom. The van der Waals surface area contributed by atoms with Crippen molar-refractivity contribution in [1.82, 2.24) is 9.80 Å². The number of amidine groups is 1. The molecule has 2 aliphatic heterocycles. The highest BCUT2D eigenvalue weighted by Gasteiger charge is 2.52. The van der Waals surface area contributed by atoms with E-state index in [1.165, 1.54) is 27.8 Å². The highest BCUT2D eigenvalue weighted by Crippen LogP contribution is 2.46. The third-order valence-electron chi connectivity index (χ3n) is 6.96. The largest absolute Gasteiger partial charge is 0.360 e. The molecule has 0 amide bonds. The van der Waals surface area contributed by atoms with Crippen LogP contribution in [-0.4, -0.2) is 35.8 Å². The molecule has 2 atom stereocenters. The summed E-state index contributed by atoms with van der Waals surface area (Å²) in [7, 11) is 2.22. The molecular weight excluding hydrogens is 394 g/mol. The van der Waals surface area contributed by atoms with Gasteiger partial charge in [-0.25, -0.2) is 0 Å². The number of fused-ring (bicyclic) bond motifs is 1. The Morgan fingerprint density at radius 3 is 2.16 bits per heavy atom. The molecule has 5 rings (SSSR count). The lowest BCUT2D eigenvalue weighted by Gasteiger charge is -2.38. The van der Waals surface area contributed by atoms with Gasteiger partial charge in [-0.3, -0.25) is 4.90 Å². The summed E-state index contributed by atoms with van der Waals surface area (Å²) in [4.78, 5) is 11.4.